The molecule has 4 nitrogen and oxygen atoms in total. The zero-order chi connectivity index (χ0) is 10.2. The molecule has 0 unspecified atom stereocenters. The van der Waals surface area contributed by atoms with Crippen LogP contribution in [0.15, 0.2) is 4.42 Å². The molecule has 2 heterocycles. The lowest BCUT2D eigenvalue weighted by molar-refractivity contribution is 0.0254. The van der Waals surface area contributed by atoms with Crippen molar-refractivity contribution in [1.29, 1.82) is 0 Å². The highest BCUT2D eigenvalue weighted by Crippen LogP contribution is 2.29. The quantitative estimate of drug-likeness (QED) is 0.715. The number of aromatic nitrogens is 2. The van der Waals surface area contributed by atoms with E-state index in [1.165, 1.54) is 4.90 Å². The van der Waals surface area contributed by atoms with Crippen molar-refractivity contribution in [3.8, 4) is 0 Å². The molecule has 1 aromatic rings. The predicted octanol–water partition coefficient (Wildman–Crippen LogP) is 1.65. The minimum absolute atomic E-state index is 0.0945. The second-order valence-corrected chi connectivity index (χ2v) is 3.41. The molecular formula is C7H8ClF2N3O. The van der Waals surface area contributed by atoms with Crippen molar-refractivity contribution in [1.82, 2.24) is 10.2 Å². The molecule has 78 valence electrons. The van der Waals surface area contributed by atoms with Crippen molar-refractivity contribution in [3.05, 3.63) is 5.89 Å². The summed E-state index contributed by atoms with van der Waals surface area (Å²) in [7, 11) is 0. The van der Waals surface area contributed by atoms with Gasteiger partial charge in [0.15, 0.2) is 0 Å². The van der Waals surface area contributed by atoms with Crippen LogP contribution in [0.25, 0.3) is 0 Å². The number of hydrogen-bond donors (Lipinski definition) is 0. The number of nitrogens with zero attached hydrogens (tertiary/aromatic N) is 3. The summed E-state index contributed by atoms with van der Waals surface area (Å²) in [5.41, 5.74) is 0. The molecule has 2 rings (SSSR count). The van der Waals surface area contributed by atoms with E-state index in [-0.39, 0.29) is 37.3 Å². The summed E-state index contributed by atoms with van der Waals surface area (Å²) in [5.74, 6) is -2.32. The van der Waals surface area contributed by atoms with Gasteiger partial charge in [0, 0.05) is 13.0 Å². The van der Waals surface area contributed by atoms with Crippen LogP contribution in [-0.4, -0.2) is 29.2 Å². The van der Waals surface area contributed by atoms with Crippen LogP contribution in [-0.2, 0) is 5.88 Å². The number of anilines is 1. The topological polar surface area (TPSA) is 42.2 Å². The Labute approximate surface area is 83.8 Å². The van der Waals surface area contributed by atoms with Gasteiger partial charge in [-0.05, 0) is 0 Å². The molecule has 0 atom stereocenters. The Hall–Kier alpha value is -0.910. The maximum absolute atomic E-state index is 12.8. The lowest BCUT2D eigenvalue weighted by Crippen LogP contribution is -2.25. The van der Waals surface area contributed by atoms with Crippen molar-refractivity contribution in [2.45, 2.75) is 18.2 Å². The summed E-state index contributed by atoms with van der Waals surface area (Å²) >= 11 is 5.44. The SMILES string of the molecule is FC1(F)CCN(c2nnc(CCl)o2)C1. The van der Waals surface area contributed by atoms with Crippen LogP contribution < -0.4 is 4.90 Å². The normalized spacial score (nSPS) is 20.4. The fourth-order valence-corrected chi connectivity index (χ4v) is 1.43. The van der Waals surface area contributed by atoms with Crippen LogP contribution in [0.3, 0.4) is 0 Å². The summed E-state index contributed by atoms with van der Waals surface area (Å²) in [6, 6.07) is 0.123. The Kier molecular flexibility index (Phi) is 2.30. The molecule has 1 aliphatic heterocycles. The Morgan fingerprint density at radius 2 is 2.29 bits per heavy atom. The zero-order valence-corrected chi connectivity index (χ0v) is 7.97. The molecule has 0 aromatic carbocycles. The van der Waals surface area contributed by atoms with Gasteiger partial charge in [0.2, 0.25) is 5.89 Å². The average molecular weight is 224 g/mol. The number of hydrogen-bond acceptors (Lipinski definition) is 4. The van der Waals surface area contributed by atoms with Gasteiger partial charge in [0.25, 0.3) is 5.92 Å². The minimum atomic E-state index is -2.66. The van der Waals surface area contributed by atoms with Crippen LogP contribution in [0.5, 0.6) is 0 Å². The highest BCUT2D eigenvalue weighted by atomic mass is 35.5. The first-order chi connectivity index (χ1) is 6.61. The predicted molar refractivity (Wildman–Crippen MR) is 45.6 cm³/mol. The monoisotopic (exact) mass is 223 g/mol. The maximum atomic E-state index is 12.8. The Morgan fingerprint density at radius 1 is 1.50 bits per heavy atom. The van der Waals surface area contributed by atoms with E-state index in [0.29, 0.717) is 0 Å². The van der Waals surface area contributed by atoms with Crippen LogP contribution >= 0.6 is 11.6 Å². The van der Waals surface area contributed by atoms with Crippen LogP contribution in [0.2, 0.25) is 0 Å². The summed E-state index contributed by atoms with van der Waals surface area (Å²) in [6.45, 7) is -0.131. The van der Waals surface area contributed by atoms with Crippen molar-refractivity contribution < 1.29 is 13.2 Å². The van der Waals surface area contributed by atoms with Crippen LogP contribution in [0.1, 0.15) is 12.3 Å². The van der Waals surface area contributed by atoms with Crippen LogP contribution in [0, 0.1) is 0 Å². The molecule has 0 radical (unpaired) electrons. The van der Waals surface area contributed by atoms with E-state index in [0.717, 1.165) is 0 Å². The first-order valence-electron chi connectivity index (χ1n) is 4.12. The Balaban J connectivity index is 2.09. The molecule has 14 heavy (non-hydrogen) atoms. The molecule has 1 aliphatic rings. The Bertz CT molecular complexity index is 330. The van der Waals surface area contributed by atoms with E-state index < -0.39 is 5.92 Å². The molecular weight excluding hydrogens is 216 g/mol. The molecule has 0 spiro atoms. The molecule has 0 saturated carbocycles. The highest BCUT2D eigenvalue weighted by molar-refractivity contribution is 6.16. The van der Waals surface area contributed by atoms with E-state index in [1.54, 1.807) is 0 Å². The van der Waals surface area contributed by atoms with E-state index in [9.17, 15) is 8.78 Å². The first-order valence-corrected chi connectivity index (χ1v) is 4.65. The van der Waals surface area contributed by atoms with Crippen molar-refractivity contribution in [2.75, 3.05) is 18.0 Å². The van der Waals surface area contributed by atoms with Gasteiger partial charge in [0.05, 0.1) is 6.54 Å². The number of halogens is 3. The molecule has 0 amide bonds. The van der Waals surface area contributed by atoms with Gasteiger partial charge in [-0.25, -0.2) is 8.78 Å². The molecule has 0 aliphatic carbocycles. The molecule has 0 bridgehead atoms. The summed E-state index contributed by atoms with van der Waals surface area (Å²) in [4.78, 5) is 1.36. The standard InChI is InChI=1S/C7H8ClF2N3O/c8-3-5-11-12-6(14-5)13-2-1-7(9,10)4-13/h1-4H2. The second kappa shape index (κ2) is 3.34. The second-order valence-electron chi connectivity index (χ2n) is 3.14. The van der Waals surface area contributed by atoms with Crippen molar-refractivity contribution in [2.24, 2.45) is 0 Å². The van der Waals surface area contributed by atoms with Crippen molar-refractivity contribution >= 4 is 17.6 Å². The molecule has 0 N–H and O–H groups in total. The summed E-state index contributed by atoms with van der Waals surface area (Å²) in [6.07, 6.45) is -0.175. The van der Waals surface area contributed by atoms with E-state index in [1.807, 2.05) is 0 Å². The van der Waals surface area contributed by atoms with E-state index >= 15 is 0 Å². The third kappa shape index (κ3) is 1.79. The zero-order valence-electron chi connectivity index (χ0n) is 7.21. The van der Waals surface area contributed by atoms with Gasteiger partial charge >= 0.3 is 6.01 Å². The highest BCUT2D eigenvalue weighted by Gasteiger charge is 2.40. The number of alkyl halides is 3. The van der Waals surface area contributed by atoms with Gasteiger partial charge in [-0.3, -0.25) is 0 Å². The molecule has 1 saturated heterocycles. The minimum Gasteiger partial charge on any atom is -0.407 e. The summed E-state index contributed by atoms with van der Waals surface area (Å²) < 4.78 is 30.7. The lowest BCUT2D eigenvalue weighted by Gasteiger charge is -2.11. The van der Waals surface area contributed by atoms with Crippen molar-refractivity contribution in [3.63, 3.8) is 0 Å². The van der Waals surface area contributed by atoms with Crippen LogP contribution in [0.4, 0.5) is 14.8 Å². The smallest absolute Gasteiger partial charge is 0.318 e. The molecule has 1 fully saturated rings. The first kappa shape index (κ1) is 9.64. The average Bonchev–Trinajstić information content (AvgIpc) is 2.70. The van der Waals surface area contributed by atoms with E-state index in [4.69, 9.17) is 16.0 Å². The third-order valence-electron chi connectivity index (χ3n) is 2.01. The van der Waals surface area contributed by atoms with Gasteiger partial charge in [-0.1, -0.05) is 5.10 Å². The summed E-state index contributed by atoms with van der Waals surface area (Å²) in [5, 5.41) is 7.22. The largest absolute Gasteiger partial charge is 0.407 e. The maximum Gasteiger partial charge on any atom is 0.318 e. The van der Waals surface area contributed by atoms with Gasteiger partial charge in [-0.2, -0.15) is 0 Å². The molecule has 1 aromatic heterocycles. The van der Waals surface area contributed by atoms with Gasteiger partial charge in [0.1, 0.15) is 5.88 Å². The van der Waals surface area contributed by atoms with Gasteiger partial charge in [-0.15, -0.1) is 16.7 Å². The fraction of sp³-hybridized carbons (Fsp3) is 0.714. The Morgan fingerprint density at radius 3 is 2.79 bits per heavy atom. The number of rotatable bonds is 2. The van der Waals surface area contributed by atoms with E-state index in [2.05, 4.69) is 10.2 Å². The molecule has 7 heteroatoms. The van der Waals surface area contributed by atoms with Gasteiger partial charge < -0.3 is 9.32 Å². The third-order valence-corrected chi connectivity index (χ3v) is 2.24. The fourth-order valence-electron chi connectivity index (χ4n) is 1.33. The lowest BCUT2D eigenvalue weighted by atomic mass is 10.3.